The molecule has 9 nitrogen and oxygen atoms in total. The smallest absolute Gasteiger partial charge is 0.276 e. The van der Waals surface area contributed by atoms with Crippen molar-refractivity contribution < 1.29 is 19.1 Å². The summed E-state index contributed by atoms with van der Waals surface area (Å²) in [5.74, 6) is 0.612. The number of rotatable bonds is 5. The van der Waals surface area contributed by atoms with Gasteiger partial charge in [0.15, 0.2) is 5.69 Å². The minimum atomic E-state index is -0.164. The Hall–Kier alpha value is -3.72. The van der Waals surface area contributed by atoms with E-state index in [4.69, 9.17) is 9.47 Å². The molecule has 176 valence electrons. The van der Waals surface area contributed by atoms with Crippen LogP contribution in [0.2, 0.25) is 0 Å². The van der Waals surface area contributed by atoms with E-state index in [-0.39, 0.29) is 24.5 Å². The van der Waals surface area contributed by atoms with Crippen molar-refractivity contribution in [3.05, 3.63) is 77.1 Å². The van der Waals surface area contributed by atoms with Crippen LogP contribution in [-0.4, -0.2) is 69.9 Å². The van der Waals surface area contributed by atoms with Gasteiger partial charge in [-0.25, -0.2) is 4.68 Å². The molecule has 0 N–H and O–H groups in total. The Kier molecular flexibility index (Phi) is 6.27. The molecule has 2 aliphatic rings. The first-order valence-corrected chi connectivity index (χ1v) is 11.4. The molecule has 5 rings (SSSR count). The zero-order valence-corrected chi connectivity index (χ0v) is 19.1. The second-order valence-corrected chi connectivity index (χ2v) is 8.48. The first-order valence-electron chi connectivity index (χ1n) is 11.4. The summed E-state index contributed by atoms with van der Waals surface area (Å²) in [5, 5.41) is 8.39. The van der Waals surface area contributed by atoms with Gasteiger partial charge in [0.1, 0.15) is 11.9 Å². The third kappa shape index (κ3) is 4.51. The highest BCUT2D eigenvalue weighted by Gasteiger charge is 2.32. The van der Waals surface area contributed by atoms with Crippen molar-refractivity contribution in [2.45, 2.75) is 25.7 Å². The molecule has 2 aromatic carbocycles. The van der Waals surface area contributed by atoms with Crippen LogP contribution in [0.3, 0.4) is 0 Å². The second-order valence-electron chi connectivity index (χ2n) is 8.48. The Bertz CT molecular complexity index is 1170. The van der Waals surface area contributed by atoms with Crippen molar-refractivity contribution in [2.24, 2.45) is 0 Å². The molecule has 1 aromatic heterocycles. The number of fused-ring (bicyclic) bond motifs is 1. The number of methoxy groups -OCH3 is 1. The van der Waals surface area contributed by atoms with Crippen molar-refractivity contribution in [1.29, 1.82) is 0 Å². The van der Waals surface area contributed by atoms with Crippen LogP contribution in [0, 0.1) is 0 Å². The van der Waals surface area contributed by atoms with Gasteiger partial charge in [-0.05, 0) is 23.3 Å². The van der Waals surface area contributed by atoms with E-state index in [0.29, 0.717) is 50.5 Å². The molecular formula is C25H27N5O4. The van der Waals surface area contributed by atoms with Crippen molar-refractivity contribution in [3.8, 4) is 5.75 Å². The predicted octanol–water partition coefficient (Wildman–Crippen LogP) is 2.09. The van der Waals surface area contributed by atoms with Crippen LogP contribution in [0.5, 0.6) is 5.75 Å². The number of nitrogens with zero attached hydrogens (tertiary/aromatic N) is 5. The molecule has 0 bridgehead atoms. The zero-order chi connectivity index (χ0) is 23.5. The number of piperazine rings is 1. The minimum Gasteiger partial charge on any atom is -0.497 e. The number of hydrogen-bond acceptors (Lipinski definition) is 6. The van der Waals surface area contributed by atoms with Gasteiger partial charge in [-0.2, -0.15) is 0 Å². The molecule has 0 unspecified atom stereocenters. The monoisotopic (exact) mass is 461 g/mol. The maximum atomic E-state index is 13.2. The highest BCUT2D eigenvalue weighted by molar-refractivity contribution is 5.93. The summed E-state index contributed by atoms with van der Waals surface area (Å²) in [4.78, 5) is 29.5. The SMILES string of the molecule is COc1cccc(CC(=O)N2CCN(C(=O)c3nnn4c3CO[C@H](c3ccccc3)C4)CC2)c1. The number of aromatic nitrogens is 3. The predicted molar refractivity (Wildman–Crippen MR) is 123 cm³/mol. The van der Waals surface area contributed by atoms with Crippen LogP contribution < -0.4 is 4.74 Å². The Morgan fingerprint density at radius 1 is 1.03 bits per heavy atom. The lowest BCUT2D eigenvalue weighted by molar-refractivity contribution is -0.131. The average Bonchev–Trinajstić information content (AvgIpc) is 3.32. The molecule has 1 fully saturated rings. The van der Waals surface area contributed by atoms with Crippen LogP contribution in [0.4, 0.5) is 0 Å². The van der Waals surface area contributed by atoms with Gasteiger partial charge in [-0.15, -0.1) is 5.10 Å². The molecule has 0 aliphatic carbocycles. The summed E-state index contributed by atoms with van der Waals surface area (Å²) in [6.45, 7) is 2.71. The number of carbonyl (C=O) groups excluding carboxylic acids is 2. The summed E-state index contributed by atoms with van der Waals surface area (Å²) in [6, 6.07) is 17.5. The maximum absolute atomic E-state index is 13.2. The van der Waals surface area contributed by atoms with Gasteiger partial charge in [0, 0.05) is 26.2 Å². The highest BCUT2D eigenvalue weighted by atomic mass is 16.5. The van der Waals surface area contributed by atoms with Gasteiger partial charge >= 0.3 is 0 Å². The van der Waals surface area contributed by atoms with E-state index in [1.54, 1.807) is 21.6 Å². The van der Waals surface area contributed by atoms with E-state index in [0.717, 1.165) is 16.9 Å². The summed E-state index contributed by atoms with van der Waals surface area (Å²) in [7, 11) is 1.61. The highest BCUT2D eigenvalue weighted by Crippen LogP contribution is 2.27. The molecule has 1 saturated heterocycles. The van der Waals surface area contributed by atoms with Crippen LogP contribution in [-0.2, 0) is 29.1 Å². The van der Waals surface area contributed by atoms with Gasteiger partial charge in [0.25, 0.3) is 5.91 Å². The molecule has 2 amide bonds. The van der Waals surface area contributed by atoms with Gasteiger partial charge in [-0.3, -0.25) is 9.59 Å². The molecule has 34 heavy (non-hydrogen) atoms. The molecule has 1 atom stereocenters. The fourth-order valence-corrected chi connectivity index (χ4v) is 4.42. The number of amides is 2. The summed E-state index contributed by atoms with van der Waals surface area (Å²) < 4.78 is 13.0. The number of carbonyl (C=O) groups is 2. The maximum Gasteiger partial charge on any atom is 0.276 e. The standard InChI is InChI=1S/C25H27N5O4/c1-33-20-9-5-6-18(14-20)15-23(31)28-10-12-29(13-11-28)25(32)24-21-17-34-22(16-30(21)27-26-24)19-7-3-2-4-8-19/h2-9,14,22H,10-13,15-17H2,1H3/t22-/m0/s1. The van der Waals surface area contributed by atoms with Crippen molar-refractivity contribution >= 4 is 11.8 Å². The molecule has 3 heterocycles. The molecule has 0 spiro atoms. The van der Waals surface area contributed by atoms with Gasteiger partial charge in [0.2, 0.25) is 5.91 Å². The van der Waals surface area contributed by atoms with E-state index in [1.807, 2.05) is 54.6 Å². The lowest BCUT2D eigenvalue weighted by Crippen LogP contribution is -2.51. The van der Waals surface area contributed by atoms with E-state index in [9.17, 15) is 9.59 Å². The van der Waals surface area contributed by atoms with Gasteiger partial charge in [0.05, 0.1) is 32.4 Å². The van der Waals surface area contributed by atoms with E-state index in [2.05, 4.69) is 10.3 Å². The van der Waals surface area contributed by atoms with Crippen molar-refractivity contribution in [3.63, 3.8) is 0 Å². The first-order chi connectivity index (χ1) is 16.6. The Morgan fingerprint density at radius 3 is 2.56 bits per heavy atom. The van der Waals surface area contributed by atoms with Crippen LogP contribution in [0.1, 0.15) is 33.4 Å². The molecule has 0 radical (unpaired) electrons. The van der Waals surface area contributed by atoms with Gasteiger partial charge < -0.3 is 19.3 Å². The molecule has 0 saturated carbocycles. The van der Waals surface area contributed by atoms with E-state index in [1.165, 1.54) is 0 Å². The Balaban J connectivity index is 1.18. The number of ether oxygens (including phenoxy) is 2. The lowest BCUT2D eigenvalue weighted by Gasteiger charge is -2.34. The third-order valence-electron chi connectivity index (χ3n) is 6.38. The molecular weight excluding hydrogens is 434 g/mol. The fraction of sp³-hybridized carbons (Fsp3) is 0.360. The minimum absolute atomic E-state index is 0.0433. The normalized spacial score (nSPS) is 17.9. The second kappa shape index (κ2) is 9.64. The third-order valence-corrected chi connectivity index (χ3v) is 6.38. The van der Waals surface area contributed by atoms with Crippen molar-refractivity contribution in [2.75, 3.05) is 33.3 Å². The van der Waals surface area contributed by atoms with E-state index >= 15 is 0 Å². The Labute approximate surface area is 197 Å². The van der Waals surface area contributed by atoms with Crippen LogP contribution >= 0.6 is 0 Å². The summed E-state index contributed by atoms with van der Waals surface area (Å²) in [5.41, 5.74) is 3.02. The first kappa shape index (κ1) is 22.1. The molecule has 2 aliphatic heterocycles. The van der Waals surface area contributed by atoms with Gasteiger partial charge in [-0.1, -0.05) is 47.7 Å². The zero-order valence-electron chi connectivity index (χ0n) is 19.1. The number of benzene rings is 2. The van der Waals surface area contributed by atoms with E-state index < -0.39 is 0 Å². The summed E-state index contributed by atoms with van der Waals surface area (Å²) in [6.07, 6.45) is 0.196. The van der Waals surface area contributed by atoms with Crippen LogP contribution in [0.25, 0.3) is 0 Å². The lowest BCUT2D eigenvalue weighted by atomic mass is 10.1. The average molecular weight is 462 g/mol. The van der Waals surface area contributed by atoms with Crippen LogP contribution in [0.15, 0.2) is 54.6 Å². The molecule has 9 heteroatoms. The largest absolute Gasteiger partial charge is 0.497 e. The fourth-order valence-electron chi connectivity index (χ4n) is 4.42. The quantitative estimate of drug-likeness (QED) is 0.578. The van der Waals surface area contributed by atoms with Crippen molar-refractivity contribution in [1.82, 2.24) is 24.8 Å². The summed E-state index contributed by atoms with van der Waals surface area (Å²) >= 11 is 0. The topological polar surface area (TPSA) is 89.8 Å². The number of hydrogen-bond donors (Lipinski definition) is 0. The molecule has 3 aromatic rings. The Morgan fingerprint density at radius 2 is 1.79 bits per heavy atom.